The summed E-state index contributed by atoms with van der Waals surface area (Å²) in [5.41, 5.74) is 7.14. The van der Waals surface area contributed by atoms with Gasteiger partial charge in [-0.3, -0.25) is 9.69 Å². The predicted octanol–water partition coefficient (Wildman–Crippen LogP) is 1.62. The van der Waals surface area contributed by atoms with E-state index in [1.54, 1.807) is 12.1 Å². The van der Waals surface area contributed by atoms with Crippen molar-refractivity contribution in [1.29, 1.82) is 0 Å². The van der Waals surface area contributed by atoms with Gasteiger partial charge < -0.3 is 15.3 Å². The van der Waals surface area contributed by atoms with Crippen molar-refractivity contribution in [2.24, 2.45) is 5.92 Å². The number of likely N-dealkylation sites (tertiary alicyclic amines) is 1. The summed E-state index contributed by atoms with van der Waals surface area (Å²) in [4.78, 5) is 13.1. The van der Waals surface area contributed by atoms with Crippen molar-refractivity contribution in [2.45, 2.75) is 19.4 Å². The molecule has 1 aliphatic heterocycles. The molecule has 22 heavy (non-hydrogen) atoms. The molecule has 1 aromatic heterocycles. The number of nitrogen functional groups attached to an aromatic ring is 1. The quantitative estimate of drug-likeness (QED) is 0.826. The van der Waals surface area contributed by atoms with E-state index in [9.17, 15) is 4.79 Å². The van der Waals surface area contributed by atoms with Gasteiger partial charge in [-0.15, -0.1) is 10.2 Å². The van der Waals surface area contributed by atoms with Crippen LogP contribution in [0, 0.1) is 5.92 Å². The molecule has 116 valence electrons. The second kappa shape index (κ2) is 6.15. The van der Waals surface area contributed by atoms with Crippen LogP contribution in [0.15, 0.2) is 28.7 Å². The van der Waals surface area contributed by atoms with Crippen LogP contribution in [0.5, 0.6) is 0 Å². The first-order valence-electron chi connectivity index (χ1n) is 7.25. The molecular formula is C15H18N4O3. The number of hydrogen-bond donors (Lipinski definition) is 2. The fourth-order valence-electron chi connectivity index (χ4n) is 2.65. The van der Waals surface area contributed by atoms with Crippen molar-refractivity contribution >= 4 is 11.7 Å². The molecule has 3 rings (SSSR count). The van der Waals surface area contributed by atoms with Gasteiger partial charge in [-0.1, -0.05) is 0 Å². The Bertz CT molecular complexity index is 653. The summed E-state index contributed by atoms with van der Waals surface area (Å²) in [6, 6.07) is 7.21. The zero-order valence-corrected chi connectivity index (χ0v) is 12.1. The molecule has 2 heterocycles. The number of carboxylic acid groups (broad SMARTS) is 1. The molecular weight excluding hydrogens is 284 g/mol. The highest BCUT2D eigenvalue weighted by molar-refractivity contribution is 5.70. The maximum absolute atomic E-state index is 11.1. The minimum Gasteiger partial charge on any atom is -0.481 e. The molecule has 0 spiro atoms. The molecule has 2 aromatic rings. The van der Waals surface area contributed by atoms with Gasteiger partial charge in [0, 0.05) is 17.8 Å². The van der Waals surface area contributed by atoms with Gasteiger partial charge >= 0.3 is 5.97 Å². The Hall–Kier alpha value is -2.41. The number of rotatable bonds is 4. The van der Waals surface area contributed by atoms with Crippen LogP contribution in [0.25, 0.3) is 11.5 Å². The number of anilines is 1. The Balaban J connectivity index is 1.66. The number of carboxylic acids is 1. The second-order valence-electron chi connectivity index (χ2n) is 5.54. The van der Waals surface area contributed by atoms with Crippen LogP contribution >= 0.6 is 0 Å². The summed E-state index contributed by atoms with van der Waals surface area (Å²) < 4.78 is 5.66. The van der Waals surface area contributed by atoms with E-state index < -0.39 is 5.97 Å². The van der Waals surface area contributed by atoms with Gasteiger partial charge in [0.1, 0.15) is 0 Å². The first-order chi connectivity index (χ1) is 10.6. The van der Waals surface area contributed by atoms with Crippen LogP contribution in [-0.4, -0.2) is 39.3 Å². The Morgan fingerprint density at radius 1 is 1.36 bits per heavy atom. The first kappa shape index (κ1) is 14.5. The van der Waals surface area contributed by atoms with E-state index in [4.69, 9.17) is 15.3 Å². The van der Waals surface area contributed by atoms with Crippen LogP contribution in [-0.2, 0) is 11.3 Å². The van der Waals surface area contributed by atoms with Gasteiger partial charge in [0.15, 0.2) is 0 Å². The van der Waals surface area contributed by atoms with E-state index in [1.165, 1.54) is 0 Å². The molecule has 1 saturated heterocycles. The number of hydrogen-bond acceptors (Lipinski definition) is 6. The van der Waals surface area contributed by atoms with Crippen molar-refractivity contribution in [2.75, 3.05) is 18.8 Å². The third-order valence-corrected chi connectivity index (χ3v) is 3.84. The molecule has 1 aliphatic rings. The normalized spacial score (nSPS) is 19.2. The summed E-state index contributed by atoms with van der Waals surface area (Å²) in [6.45, 7) is 1.85. The Kier molecular flexibility index (Phi) is 4.06. The molecule has 1 unspecified atom stereocenters. The standard InChI is InChI=1S/C15H18N4O3/c16-12-5-3-10(4-6-12)14-18-17-13(22-14)9-19-7-1-2-11(8-19)15(20)21/h3-6,11H,1-2,7-9,16H2,(H,20,21). The lowest BCUT2D eigenvalue weighted by Crippen LogP contribution is -2.38. The van der Waals surface area contributed by atoms with Gasteiger partial charge in [0.25, 0.3) is 0 Å². The van der Waals surface area contributed by atoms with Crippen molar-refractivity contribution in [3.63, 3.8) is 0 Å². The SMILES string of the molecule is Nc1ccc(-c2nnc(CN3CCCC(C(=O)O)C3)o2)cc1. The average Bonchev–Trinajstić information content (AvgIpc) is 2.96. The fraction of sp³-hybridized carbons (Fsp3) is 0.400. The summed E-state index contributed by atoms with van der Waals surface area (Å²) in [5, 5.41) is 17.2. The summed E-state index contributed by atoms with van der Waals surface area (Å²) in [7, 11) is 0. The van der Waals surface area contributed by atoms with Gasteiger partial charge in [0.05, 0.1) is 12.5 Å². The van der Waals surface area contributed by atoms with E-state index in [1.807, 2.05) is 17.0 Å². The molecule has 0 amide bonds. The van der Waals surface area contributed by atoms with Crippen LogP contribution in [0.4, 0.5) is 5.69 Å². The zero-order chi connectivity index (χ0) is 15.5. The fourth-order valence-corrected chi connectivity index (χ4v) is 2.65. The molecule has 1 fully saturated rings. The predicted molar refractivity (Wildman–Crippen MR) is 79.8 cm³/mol. The van der Waals surface area contributed by atoms with E-state index in [2.05, 4.69) is 10.2 Å². The van der Waals surface area contributed by atoms with Crippen molar-refractivity contribution < 1.29 is 14.3 Å². The molecule has 0 bridgehead atoms. The van der Waals surface area contributed by atoms with Crippen molar-refractivity contribution in [3.05, 3.63) is 30.2 Å². The molecule has 7 nitrogen and oxygen atoms in total. The summed E-state index contributed by atoms with van der Waals surface area (Å²) in [6.07, 6.45) is 1.60. The largest absolute Gasteiger partial charge is 0.481 e. The monoisotopic (exact) mass is 302 g/mol. The maximum atomic E-state index is 11.1. The van der Waals surface area contributed by atoms with E-state index >= 15 is 0 Å². The van der Waals surface area contributed by atoms with Crippen molar-refractivity contribution in [1.82, 2.24) is 15.1 Å². The lowest BCUT2D eigenvalue weighted by Gasteiger charge is -2.29. The van der Waals surface area contributed by atoms with Gasteiger partial charge in [-0.05, 0) is 43.7 Å². The number of aromatic nitrogens is 2. The Morgan fingerprint density at radius 2 is 2.14 bits per heavy atom. The van der Waals surface area contributed by atoms with Crippen LogP contribution < -0.4 is 5.73 Å². The molecule has 0 saturated carbocycles. The third kappa shape index (κ3) is 3.25. The van der Waals surface area contributed by atoms with Crippen molar-refractivity contribution in [3.8, 4) is 11.5 Å². The molecule has 3 N–H and O–H groups in total. The highest BCUT2D eigenvalue weighted by atomic mass is 16.4. The summed E-state index contributed by atoms with van der Waals surface area (Å²) >= 11 is 0. The first-order valence-corrected chi connectivity index (χ1v) is 7.25. The second-order valence-corrected chi connectivity index (χ2v) is 5.54. The van der Waals surface area contributed by atoms with Crippen LogP contribution in [0.2, 0.25) is 0 Å². The lowest BCUT2D eigenvalue weighted by molar-refractivity contribution is -0.143. The van der Waals surface area contributed by atoms with E-state index in [0.29, 0.717) is 30.6 Å². The molecule has 1 atom stereocenters. The Labute approximate surface area is 127 Å². The summed E-state index contributed by atoms with van der Waals surface area (Å²) in [5.74, 6) is -0.106. The minimum absolute atomic E-state index is 0.312. The highest BCUT2D eigenvalue weighted by Crippen LogP contribution is 2.22. The lowest BCUT2D eigenvalue weighted by atomic mass is 9.98. The smallest absolute Gasteiger partial charge is 0.307 e. The topological polar surface area (TPSA) is 105 Å². The van der Waals surface area contributed by atoms with Gasteiger partial charge in [-0.25, -0.2) is 0 Å². The number of nitrogens with two attached hydrogens (primary N) is 1. The average molecular weight is 302 g/mol. The van der Waals surface area contributed by atoms with Crippen LogP contribution in [0.3, 0.4) is 0 Å². The van der Waals surface area contributed by atoms with Gasteiger partial charge in [0.2, 0.25) is 11.8 Å². The highest BCUT2D eigenvalue weighted by Gasteiger charge is 2.26. The maximum Gasteiger partial charge on any atom is 0.307 e. The van der Waals surface area contributed by atoms with E-state index in [-0.39, 0.29) is 5.92 Å². The minimum atomic E-state index is -0.738. The number of benzene rings is 1. The molecule has 7 heteroatoms. The molecule has 1 aromatic carbocycles. The third-order valence-electron chi connectivity index (χ3n) is 3.84. The number of carbonyl (C=O) groups is 1. The number of piperidine rings is 1. The molecule has 0 aliphatic carbocycles. The Morgan fingerprint density at radius 3 is 2.86 bits per heavy atom. The zero-order valence-electron chi connectivity index (χ0n) is 12.1. The number of aliphatic carboxylic acids is 1. The van der Waals surface area contributed by atoms with E-state index in [0.717, 1.165) is 24.9 Å². The van der Waals surface area contributed by atoms with Gasteiger partial charge in [-0.2, -0.15) is 0 Å². The molecule has 0 radical (unpaired) electrons. The number of nitrogens with zero attached hydrogens (tertiary/aromatic N) is 3. The van der Waals surface area contributed by atoms with Crippen LogP contribution in [0.1, 0.15) is 18.7 Å².